The summed E-state index contributed by atoms with van der Waals surface area (Å²) in [4.78, 5) is 6.28. The molecule has 0 atom stereocenters. The Balaban J connectivity index is 1.65. The van der Waals surface area contributed by atoms with Crippen molar-refractivity contribution >= 4 is 11.3 Å². The summed E-state index contributed by atoms with van der Waals surface area (Å²) in [5, 5.41) is 7.89. The van der Waals surface area contributed by atoms with Gasteiger partial charge in [0.05, 0.1) is 6.54 Å². The molecule has 0 spiro atoms. The Morgan fingerprint density at radius 3 is 2.86 bits per heavy atom. The molecule has 0 radical (unpaired) electrons. The van der Waals surface area contributed by atoms with E-state index in [-0.39, 0.29) is 5.82 Å². The van der Waals surface area contributed by atoms with Crippen LogP contribution < -0.4 is 0 Å². The van der Waals surface area contributed by atoms with Gasteiger partial charge in [0.25, 0.3) is 0 Å². The molecule has 0 aliphatic carbocycles. The number of aromatic nitrogens is 2. The average Bonchev–Trinajstić information content (AvgIpc) is 3.12. The van der Waals surface area contributed by atoms with E-state index in [0.29, 0.717) is 30.4 Å². The largest absolute Gasteiger partial charge is 0.338 e. The molecule has 0 amide bonds. The number of thiophene rings is 1. The van der Waals surface area contributed by atoms with E-state index in [0.717, 1.165) is 5.56 Å². The first kappa shape index (κ1) is 13.9. The molecule has 2 aromatic heterocycles. The van der Waals surface area contributed by atoms with E-state index in [1.807, 2.05) is 34.8 Å². The van der Waals surface area contributed by atoms with Gasteiger partial charge in [-0.05, 0) is 24.6 Å². The highest BCUT2D eigenvalue weighted by Gasteiger charge is 2.12. The van der Waals surface area contributed by atoms with Gasteiger partial charge in [0, 0.05) is 23.1 Å². The molecular weight excluding hydrogens is 289 g/mol. The van der Waals surface area contributed by atoms with Crippen LogP contribution in [0.2, 0.25) is 0 Å². The van der Waals surface area contributed by atoms with Crippen molar-refractivity contribution in [3.63, 3.8) is 0 Å². The maximum atomic E-state index is 13.6. The van der Waals surface area contributed by atoms with E-state index in [1.54, 1.807) is 23.5 Å². The summed E-state index contributed by atoms with van der Waals surface area (Å²) in [6, 6.07) is 8.70. The molecule has 1 aromatic carbocycles. The van der Waals surface area contributed by atoms with Crippen molar-refractivity contribution < 1.29 is 8.91 Å². The lowest BCUT2D eigenvalue weighted by Gasteiger charge is -2.14. The third kappa shape index (κ3) is 3.34. The summed E-state index contributed by atoms with van der Waals surface area (Å²) in [6.45, 7) is 0.967. The van der Waals surface area contributed by atoms with Crippen molar-refractivity contribution in [3.05, 3.63) is 58.4 Å². The highest BCUT2D eigenvalue weighted by Crippen LogP contribution is 2.19. The Labute approximate surface area is 125 Å². The van der Waals surface area contributed by atoms with Crippen molar-refractivity contribution in [2.75, 3.05) is 7.05 Å². The van der Waals surface area contributed by atoms with Gasteiger partial charge in [-0.1, -0.05) is 23.4 Å². The zero-order valence-electron chi connectivity index (χ0n) is 11.5. The van der Waals surface area contributed by atoms with Gasteiger partial charge in [-0.15, -0.1) is 0 Å². The number of hydrogen-bond donors (Lipinski definition) is 0. The minimum absolute atomic E-state index is 0.200. The van der Waals surface area contributed by atoms with Crippen molar-refractivity contribution in [2.45, 2.75) is 13.1 Å². The maximum absolute atomic E-state index is 13.6. The zero-order chi connectivity index (χ0) is 14.7. The first-order valence-electron chi connectivity index (χ1n) is 6.49. The fourth-order valence-corrected chi connectivity index (χ4v) is 2.67. The second kappa shape index (κ2) is 6.15. The number of halogens is 1. The fourth-order valence-electron chi connectivity index (χ4n) is 2.03. The van der Waals surface area contributed by atoms with E-state index in [2.05, 4.69) is 10.1 Å². The Hall–Kier alpha value is -2.05. The lowest BCUT2D eigenvalue weighted by molar-refractivity contribution is 0.258. The predicted molar refractivity (Wildman–Crippen MR) is 79.2 cm³/mol. The first-order valence-corrected chi connectivity index (χ1v) is 7.44. The molecule has 4 nitrogen and oxygen atoms in total. The maximum Gasteiger partial charge on any atom is 0.241 e. The second-order valence-corrected chi connectivity index (χ2v) is 5.57. The monoisotopic (exact) mass is 303 g/mol. The van der Waals surface area contributed by atoms with Crippen LogP contribution in [-0.2, 0) is 13.1 Å². The van der Waals surface area contributed by atoms with Gasteiger partial charge in [-0.2, -0.15) is 16.3 Å². The van der Waals surface area contributed by atoms with E-state index in [1.165, 1.54) is 6.07 Å². The van der Waals surface area contributed by atoms with Crippen LogP contribution >= 0.6 is 11.3 Å². The predicted octanol–water partition coefficient (Wildman–Crippen LogP) is 3.57. The van der Waals surface area contributed by atoms with Gasteiger partial charge in [0.1, 0.15) is 5.82 Å². The van der Waals surface area contributed by atoms with Crippen LogP contribution in [0.15, 0.2) is 45.6 Å². The number of nitrogens with zero attached hydrogens (tertiary/aromatic N) is 3. The van der Waals surface area contributed by atoms with Crippen molar-refractivity contribution in [3.8, 4) is 11.4 Å². The molecule has 0 unspecified atom stereocenters. The van der Waals surface area contributed by atoms with Crippen molar-refractivity contribution in [1.29, 1.82) is 0 Å². The van der Waals surface area contributed by atoms with Gasteiger partial charge in [-0.25, -0.2) is 4.39 Å². The highest BCUT2D eigenvalue weighted by molar-refractivity contribution is 7.08. The van der Waals surface area contributed by atoms with Crippen LogP contribution in [0.25, 0.3) is 11.4 Å². The second-order valence-electron chi connectivity index (χ2n) is 4.79. The normalized spacial score (nSPS) is 11.2. The van der Waals surface area contributed by atoms with Gasteiger partial charge in [-0.3, -0.25) is 4.90 Å². The standard InChI is InChI=1S/C15H14FN3OS/c1-19(8-11-4-2-3-5-13(11)16)9-14-17-15(18-20-14)12-6-7-21-10-12/h2-7,10H,8-9H2,1H3. The smallest absolute Gasteiger partial charge is 0.241 e. The zero-order valence-corrected chi connectivity index (χ0v) is 12.3. The topological polar surface area (TPSA) is 42.2 Å². The molecule has 0 aliphatic rings. The summed E-state index contributed by atoms with van der Waals surface area (Å²) in [5.74, 6) is 0.912. The molecule has 0 aliphatic heterocycles. The Morgan fingerprint density at radius 2 is 2.10 bits per heavy atom. The van der Waals surface area contributed by atoms with Crippen molar-refractivity contribution in [2.24, 2.45) is 0 Å². The minimum atomic E-state index is -0.200. The lowest BCUT2D eigenvalue weighted by Crippen LogP contribution is -2.18. The quantitative estimate of drug-likeness (QED) is 0.722. The third-order valence-corrected chi connectivity index (χ3v) is 3.73. The molecule has 2 heterocycles. The van der Waals surface area contributed by atoms with Crippen LogP contribution in [0.1, 0.15) is 11.5 Å². The molecule has 0 fully saturated rings. The van der Waals surface area contributed by atoms with Gasteiger partial charge in [0.15, 0.2) is 0 Å². The molecule has 6 heteroatoms. The van der Waals surface area contributed by atoms with E-state index < -0.39 is 0 Å². The van der Waals surface area contributed by atoms with Crippen LogP contribution in [-0.4, -0.2) is 22.1 Å². The Kier molecular flexibility index (Phi) is 4.08. The molecule has 0 saturated carbocycles. The summed E-state index contributed by atoms with van der Waals surface area (Å²) in [7, 11) is 1.89. The molecule has 3 aromatic rings. The summed E-state index contributed by atoms with van der Waals surface area (Å²) in [6.07, 6.45) is 0. The highest BCUT2D eigenvalue weighted by atomic mass is 32.1. The van der Waals surface area contributed by atoms with Crippen LogP contribution in [0, 0.1) is 5.82 Å². The molecule has 3 rings (SSSR count). The van der Waals surface area contributed by atoms with Gasteiger partial charge in [0.2, 0.25) is 11.7 Å². The fraction of sp³-hybridized carbons (Fsp3) is 0.200. The SMILES string of the molecule is CN(Cc1nc(-c2ccsc2)no1)Cc1ccccc1F. The molecule has 0 N–H and O–H groups in total. The van der Waals surface area contributed by atoms with E-state index >= 15 is 0 Å². The summed E-state index contributed by atoms with van der Waals surface area (Å²) >= 11 is 1.59. The Bertz CT molecular complexity index is 711. The summed E-state index contributed by atoms with van der Waals surface area (Å²) < 4.78 is 18.8. The number of benzene rings is 1. The molecule has 0 saturated heterocycles. The summed E-state index contributed by atoms with van der Waals surface area (Å²) in [5.41, 5.74) is 1.60. The van der Waals surface area contributed by atoms with Crippen LogP contribution in [0.3, 0.4) is 0 Å². The number of hydrogen-bond acceptors (Lipinski definition) is 5. The minimum Gasteiger partial charge on any atom is -0.338 e. The number of rotatable bonds is 5. The van der Waals surface area contributed by atoms with Crippen LogP contribution in [0.5, 0.6) is 0 Å². The molecule has 108 valence electrons. The molecule has 0 bridgehead atoms. The average molecular weight is 303 g/mol. The third-order valence-electron chi connectivity index (χ3n) is 3.05. The van der Waals surface area contributed by atoms with E-state index in [4.69, 9.17) is 4.52 Å². The first-order chi connectivity index (χ1) is 10.2. The van der Waals surface area contributed by atoms with Crippen LogP contribution in [0.4, 0.5) is 4.39 Å². The Morgan fingerprint density at radius 1 is 1.24 bits per heavy atom. The van der Waals surface area contributed by atoms with E-state index in [9.17, 15) is 4.39 Å². The van der Waals surface area contributed by atoms with Crippen molar-refractivity contribution in [1.82, 2.24) is 15.0 Å². The molecule has 21 heavy (non-hydrogen) atoms. The lowest BCUT2D eigenvalue weighted by atomic mass is 10.2. The van der Waals surface area contributed by atoms with Gasteiger partial charge < -0.3 is 4.52 Å². The molecular formula is C15H14FN3OS. The van der Waals surface area contributed by atoms with Gasteiger partial charge >= 0.3 is 0 Å².